The number of rotatable bonds is 7. The molecule has 0 aliphatic carbocycles. The Balaban J connectivity index is 2.68. The van der Waals surface area contributed by atoms with Gasteiger partial charge in [-0.1, -0.05) is 12.1 Å². The molecule has 11 nitrogen and oxygen atoms in total. The molecular weight excluding hydrogens is 400 g/mol. The zero-order chi connectivity index (χ0) is 22.3. The minimum Gasteiger partial charge on any atom is -0.434 e. The normalized spacial score (nSPS) is 10.3. The van der Waals surface area contributed by atoms with Crippen LogP contribution in [0, 0.1) is 24.0 Å². The number of nitrogens with zero attached hydrogens (tertiary/aromatic N) is 2. The Morgan fingerprint density at radius 1 is 1.10 bits per heavy atom. The van der Waals surface area contributed by atoms with Gasteiger partial charge in [-0.25, -0.2) is 9.59 Å². The molecule has 0 saturated carbocycles. The molecule has 0 spiro atoms. The first-order valence-electron chi connectivity index (χ1n) is 8.84. The predicted molar refractivity (Wildman–Crippen MR) is 103 cm³/mol. The lowest BCUT2D eigenvalue weighted by Gasteiger charge is -2.18. The maximum absolute atomic E-state index is 12.0. The van der Waals surface area contributed by atoms with Crippen molar-refractivity contribution in [2.24, 2.45) is 0 Å². The average Bonchev–Trinajstić information content (AvgIpc) is 2.70. The fraction of sp³-hybridized carbons (Fsp3) is 0.316. The van der Waals surface area contributed by atoms with Gasteiger partial charge in [0.1, 0.15) is 6.61 Å². The minimum absolute atomic E-state index is 0.0557. The van der Waals surface area contributed by atoms with E-state index >= 15 is 0 Å². The molecule has 0 unspecified atom stereocenters. The highest BCUT2D eigenvalue weighted by atomic mass is 16.7. The third-order valence-electron chi connectivity index (χ3n) is 3.74. The summed E-state index contributed by atoms with van der Waals surface area (Å²) in [5.41, 5.74) is 0.597. The molecule has 0 fully saturated rings. The average molecular weight is 420 g/mol. The highest BCUT2D eigenvalue weighted by Gasteiger charge is 2.26. The summed E-state index contributed by atoms with van der Waals surface area (Å²) in [4.78, 5) is 38.8. The number of pyridine rings is 1. The standard InChI is InChI=1S/C19H20N2O9/c1-4-27-18(23)29-16-11(2)20-12(3)17(30-19(24)28-9-8-22)15(16)13-6-5-7-14(10-13)21(25)26/h5-7,10,22H,4,8-9H2,1-3H3. The number of carbonyl (C=O) groups is 2. The second-order valence-corrected chi connectivity index (χ2v) is 5.83. The molecule has 1 aromatic carbocycles. The predicted octanol–water partition coefficient (Wildman–Crippen LogP) is 3.32. The maximum atomic E-state index is 12.0. The zero-order valence-corrected chi connectivity index (χ0v) is 16.5. The number of aliphatic hydroxyl groups is 1. The fourth-order valence-electron chi connectivity index (χ4n) is 2.58. The van der Waals surface area contributed by atoms with Gasteiger partial charge in [0.15, 0.2) is 11.5 Å². The van der Waals surface area contributed by atoms with Gasteiger partial charge in [-0.2, -0.15) is 0 Å². The molecule has 2 rings (SSSR count). The largest absolute Gasteiger partial charge is 0.514 e. The number of benzene rings is 1. The molecule has 0 saturated heterocycles. The summed E-state index contributed by atoms with van der Waals surface area (Å²) in [5.74, 6) is -0.215. The minimum atomic E-state index is -1.13. The molecule has 0 amide bonds. The van der Waals surface area contributed by atoms with Crippen molar-refractivity contribution in [3.8, 4) is 22.6 Å². The van der Waals surface area contributed by atoms with Gasteiger partial charge in [-0.3, -0.25) is 15.1 Å². The third kappa shape index (κ3) is 5.41. The van der Waals surface area contributed by atoms with Crippen LogP contribution in [-0.2, 0) is 9.47 Å². The van der Waals surface area contributed by atoms with E-state index in [1.165, 1.54) is 31.2 Å². The molecule has 1 aromatic heterocycles. The van der Waals surface area contributed by atoms with Crippen molar-refractivity contribution in [2.75, 3.05) is 19.8 Å². The van der Waals surface area contributed by atoms with Crippen molar-refractivity contribution < 1.29 is 38.6 Å². The Morgan fingerprint density at radius 2 is 1.70 bits per heavy atom. The van der Waals surface area contributed by atoms with Crippen molar-refractivity contribution >= 4 is 18.0 Å². The van der Waals surface area contributed by atoms with E-state index in [4.69, 9.17) is 24.1 Å². The van der Waals surface area contributed by atoms with E-state index in [9.17, 15) is 19.7 Å². The van der Waals surface area contributed by atoms with Crippen molar-refractivity contribution in [2.45, 2.75) is 20.8 Å². The molecule has 0 bridgehead atoms. The zero-order valence-electron chi connectivity index (χ0n) is 16.5. The van der Waals surface area contributed by atoms with Gasteiger partial charge in [0.25, 0.3) is 5.69 Å². The number of aliphatic hydroxyl groups excluding tert-OH is 1. The Hall–Kier alpha value is -3.73. The number of aryl methyl sites for hydroxylation is 2. The van der Waals surface area contributed by atoms with E-state index in [2.05, 4.69) is 4.98 Å². The van der Waals surface area contributed by atoms with Crippen LogP contribution >= 0.6 is 0 Å². The number of hydrogen-bond acceptors (Lipinski definition) is 10. The topological polar surface area (TPSA) is 147 Å². The molecule has 1 heterocycles. The molecule has 11 heteroatoms. The van der Waals surface area contributed by atoms with Crippen LogP contribution in [0.3, 0.4) is 0 Å². The third-order valence-corrected chi connectivity index (χ3v) is 3.74. The van der Waals surface area contributed by atoms with Crippen LogP contribution in [0.5, 0.6) is 11.5 Å². The summed E-state index contributed by atoms with van der Waals surface area (Å²) in [6.45, 7) is 4.03. The van der Waals surface area contributed by atoms with Crippen LogP contribution in [0.25, 0.3) is 11.1 Å². The molecule has 1 N–H and O–H groups in total. The molecule has 0 aliphatic rings. The summed E-state index contributed by atoms with van der Waals surface area (Å²) in [6.07, 6.45) is -2.15. The Labute approximate surface area is 171 Å². The fourth-order valence-corrected chi connectivity index (χ4v) is 2.58. The van der Waals surface area contributed by atoms with Crippen molar-refractivity contribution in [3.05, 3.63) is 45.8 Å². The van der Waals surface area contributed by atoms with Crippen LogP contribution in [0.4, 0.5) is 15.3 Å². The highest BCUT2D eigenvalue weighted by molar-refractivity contribution is 5.84. The van der Waals surface area contributed by atoms with E-state index in [0.29, 0.717) is 0 Å². The van der Waals surface area contributed by atoms with Crippen LogP contribution in [-0.4, -0.2) is 47.1 Å². The molecule has 0 aliphatic heterocycles. The number of nitro benzene ring substituents is 1. The first kappa shape index (κ1) is 22.6. The molecule has 0 atom stereocenters. The van der Waals surface area contributed by atoms with Gasteiger partial charge in [0.05, 0.1) is 35.1 Å². The van der Waals surface area contributed by atoms with Crippen LogP contribution < -0.4 is 9.47 Å². The number of nitro groups is 1. The van der Waals surface area contributed by atoms with Gasteiger partial charge >= 0.3 is 12.3 Å². The molecular formula is C19H20N2O9. The second-order valence-electron chi connectivity index (χ2n) is 5.83. The van der Waals surface area contributed by atoms with E-state index in [-0.39, 0.29) is 52.9 Å². The Bertz CT molecular complexity index is 959. The number of hydrogen-bond donors (Lipinski definition) is 1. The monoisotopic (exact) mass is 420 g/mol. The van der Waals surface area contributed by atoms with Crippen molar-refractivity contribution in [3.63, 3.8) is 0 Å². The first-order valence-corrected chi connectivity index (χ1v) is 8.84. The van der Waals surface area contributed by atoms with E-state index in [1.807, 2.05) is 0 Å². The van der Waals surface area contributed by atoms with Crippen LogP contribution in [0.1, 0.15) is 18.3 Å². The van der Waals surface area contributed by atoms with E-state index in [1.54, 1.807) is 13.8 Å². The molecule has 30 heavy (non-hydrogen) atoms. The smallest absolute Gasteiger partial charge is 0.434 e. The van der Waals surface area contributed by atoms with Gasteiger partial charge in [0.2, 0.25) is 0 Å². The molecule has 0 radical (unpaired) electrons. The quantitative estimate of drug-likeness (QED) is 0.402. The number of non-ortho nitro benzene ring substituents is 1. The van der Waals surface area contributed by atoms with Gasteiger partial charge < -0.3 is 24.1 Å². The number of ether oxygens (including phenoxy) is 4. The molecule has 160 valence electrons. The summed E-state index contributed by atoms with van der Waals surface area (Å²) < 4.78 is 20.0. The maximum Gasteiger partial charge on any atom is 0.514 e. The van der Waals surface area contributed by atoms with Crippen LogP contribution in [0.15, 0.2) is 24.3 Å². The molecule has 2 aromatic rings. The lowest BCUT2D eigenvalue weighted by atomic mass is 10.0. The van der Waals surface area contributed by atoms with Crippen LogP contribution in [0.2, 0.25) is 0 Å². The second kappa shape index (κ2) is 10.2. The lowest BCUT2D eigenvalue weighted by Crippen LogP contribution is -2.17. The number of carbonyl (C=O) groups excluding carboxylic acids is 2. The summed E-state index contributed by atoms with van der Waals surface area (Å²) in [5, 5.41) is 20.0. The summed E-state index contributed by atoms with van der Waals surface area (Å²) in [6, 6.07) is 5.47. The lowest BCUT2D eigenvalue weighted by molar-refractivity contribution is -0.384. The SMILES string of the molecule is CCOC(=O)Oc1c(C)nc(C)c(OC(=O)OCCO)c1-c1cccc([N+](=O)[O-])c1. The van der Waals surface area contributed by atoms with E-state index < -0.39 is 23.8 Å². The Morgan fingerprint density at radius 3 is 2.23 bits per heavy atom. The first-order chi connectivity index (χ1) is 14.3. The van der Waals surface area contributed by atoms with Gasteiger partial charge in [-0.15, -0.1) is 0 Å². The highest BCUT2D eigenvalue weighted by Crippen LogP contribution is 2.43. The van der Waals surface area contributed by atoms with E-state index in [0.717, 1.165) is 0 Å². The Kier molecular flexibility index (Phi) is 7.64. The number of aromatic nitrogens is 1. The summed E-state index contributed by atoms with van der Waals surface area (Å²) >= 11 is 0. The van der Waals surface area contributed by atoms with Crippen molar-refractivity contribution in [1.29, 1.82) is 0 Å². The van der Waals surface area contributed by atoms with Gasteiger partial charge in [-0.05, 0) is 26.3 Å². The van der Waals surface area contributed by atoms with Gasteiger partial charge in [0, 0.05) is 12.1 Å². The van der Waals surface area contributed by atoms with Crippen molar-refractivity contribution in [1.82, 2.24) is 4.98 Å². The summed E-state index contributed by atoms with van der Waals surface area (Å²) in [7, 11) is 0.